The molecule has 3 N–H and O–H groups in total. The summed E-state index contributed by atoms with van der Waals surface area (Å²) in [5.74, 6) is -0.652. The molecule has 3 atom stereocenters. The smallest absolute Gasteiger partial charge is 0.405 e. The highest BCUT2D eigenvalue weighted by Crippen LogP contribution is 2.46. The third-order valence-electron chi connectivity index (χ3n) is 4.81. The van der Waals surface area contributed by atoms with Crippen LogP contribution in [0, 0.1) is 0 Å². The van der Waals surface area contributed by atoms with E-state index in [1.54, 1.807) is 42.5 Å². The second-order valence-electron chi connectivity index (χ2n) is 6.42. The molecule has 0 saturated carbocycles. The zero-order valence-corrected chi connectivity index (χ0v) is 14.2. The maximum absolute atomic E-state index is 13.6. The number of hydrogen-bond acceptors (Lipinski definition) is 5. The molecule has 3 unspecified atom stereocenters. The van der Waals surface area contributed by atoms with E-state index >= 15 is 0 Å². The van der Waals surface area contributed by atoms with Crippen molar-refractivity contribution in [2.45, 2.75) is 24.2 Å². The van der Waals surface area contributed by atoms with Gasteiger partial charge in [-0.05, 0) is 24.3 Å². The number of para-hydroxylation sites is 1. The lowest BCUT2D eigenvalue weighted by Gasteiger charge is -2.23. The van der Waals surface area contributed by atoms with Gasteiger partial charge in [-0.1, -0.05) is 18.2 Å². The van der Waals surface area contributed by atoms with Crippen LogP contribution in [0.1, 0.15) is 23.3 Å². The Morgan fingerprint density at radius 1 is 1.07 bits per heavy atom. The third kappa shape index (κ3) is 3.11. The number of hydrazine groups is 1. The van der Waals surface area contributed by atoms with E-state index < -0.39 is 24.2 Å². The van der Waals surface area contributed by atoms with Gasteiger partial charge in [0.2, 0.25) is 0 Å². The van der Waals surface area contributed by atoms with Crippen molar-refractivity contribution in [3.8, 4) is 11.5 Å². The van der Waals surface area contributed by atoms with E-state index in [2.05, 4.69) is 10.9 Å². The second kappa shape index (κ2) is 6.47. The number of methoxy groups -OCH3 is 1. The first-order valence-corrected chi connectivity index (χ1v) is 8.31. The van der Waals surface area contributed by atoms with Crippen molar-refractivity contribution in [2.24, 2.45) is 0 Å². The van der Waals surface area contributed by atoms with E-state index in [0.717, 1.165) is 5.39 Å². The van der Waals surface area contributed by atoms with Gasteiger partial charge in [-0.2, -0.15) is 13.2 Å². The highest BCUT2D eigenvalue weighted by atomic mass is 19.4. The van der Waals surface area contributed by atoms with Crippen molar-refractivity contribution in [3.63, 3.8) is 0 Å². The minimum atomic E-state index is -4.51. The molecule has 0 bridgehead atoms. The van der Waals surface area contributed by atoms with Gasteiger partial charge in [-0.15, -0.1) is 0 Å². The molecule has 1 aliphatic heterocycles. The zero-order chi connectivity index (χ0) is 19.2. The standard InChI is InChI=1S/C19H17F3N2O3/c1-26-11-6-7-12(13(25)9-11)17-16(18(24-23-17)19(20,21)22)15-8-10-4-2-3-5-14(10)27-15/h2-9,16-18,23-25H,1H3. The quantitative estimate of drug-likeness (QED) is 0.643. The molecule has 142 valence electrons. The number of benzene rings is 2. The summed E-state index contributed by atoms with van der Waals surface area (Å²) in [7, 11) is 1.45. The Bertz CT molecular complexity index is 937. The van der Waals surface area contributed by atoms with Gasteiger partial charge in [0, 0.05) is 17.0 Å². The Morgan fingerprint density at radius 2 is 1.85 bits per heavy atom. The fourth-order valence-corrected chi connectivity index (χ4v) is 3.52. The summed E-state index contributed by atoms with van der Waals surface area (Å²) in [5, 5.41) is 11.0. The van der Waals surface area contributed by atoms with Crippen LogP contribution in [-0.2, 0) is 0 Å². The maximum Gasteiger partial charge on any atom is 0.405 e. The molecule has 0 amide bonds. The van der Waals surface area contributed by atoms with Crippen LogP contribution in [0.5, 0.6) is 11.5 Å². The number of aromatic hydroxyl groups is 1. The Labute approximate surface area is 152 Å². The predicted molar refractivity (Wildman–Crippen MR) is 92.5 cm³/mol. The van der Waals surface area contributed by atoms with E-state index in [0.29, 0.717) is 16.9 Å². The number of phenols is 1. The summed E-state index contributed by atoms with van der Waals surface area (Å²) in [6, 6.07) is 10.4. The Balaban J connectivity index is 1.81. The summed E-state index contributed by atoms with van der Waals surface area (Å²) in [6.45, 7) is 0. The van der Waals surface area contributed by atoms with Crippen LogP contribution in [0.25, 0.3) is 11.0 Å². The SMILES string of the molecule is COc1ccc(C2NNC(C(F)(F)F)C2c2cc3ccccc3o2)c(O)c1. The summed E-state index contributed by atoms with van der Waals surface area (Å²) in [4.78, 5) is 0. The van der Waals surface area contributed by atoms with Crippen molar-refractivity contribution in [1.29, 1.82) is 0 Å². The molecule has 0 aliphatic carbocycles. The number of rotatable bonds is 3. The van der Waals surface area contributed by atoms with E-state index in [1.165, 1.54) is 13.2 Å². The van der Waals surface area contributed by atoms with E-state index in [4.69, 9.17) is 9.15 Å². The Morgan fingerprint density at radius 3 is 2.52 bits per heavy atom. The summed E-state index contributed by atoms with van der Waals surface area (Å²) >= 11 is 0. The number of furan rings is 1. The highest BCUT2D eigenvalue weighted by Gasteiger charge is 2.53. The van der Waals surface area contributed by atoms with Gasteiger partial charge in [0.25, 0.3) is 0 Å². The van der Waals surface area contributed by atoms with Gasteiger partial charge in [0.1, 0.15) is 28.9 Å². The molecule has 1 saturated heterocycles. The van der Waals surface area contributed by atoms with Crippen molar-refractivity contribution in [3.05, 3.63) is 59.9 Å². The van der Waals surface area contributed by atoms with Crippen LogP contribution >= 0.6 is 0 Å². The Hall–Kier alpha value is -2.71. The largest absolute Gasteiger partial charge is 0.507 e. The third-order valence-corrected chi connectivity index (χ3v) is 4.81. The average Bonchev–Trinajstić information content (AvgIpc) is 3.24. The van der Waals surface area contributed by atoms with Gasteiger partial charge in [-0.25, -0.2) is 10.9 Å². The van der Waals surface area contributed by atoms with E-state index in [9.17, 15) is 18.3 Å². The number of hydrogen-bond donors (Lipinski definition) is 3. The van der Waals surface area contributed by atoms with Crippen LogP contribution in [0.3, 0.4) is 0 Å². The number of ether oxygens (including phenoxy) is 1. The molecule has 5 nitrogen and oxygen atoms in total. The highest BCUT2D eigenvalue weighted by molar-refractivity contribution is 5.78. The van der Waals surface area contributed by atoms with Crippen LogP contribution in [0.15, 0.2) is 52.9 Å². The number of halogens is 3. The number of fused-ring (bicyclic) bond motifs is 1. The molecule has 0 spiro atoms. The lowest BCUT2D eigenvalue weighted by molar-refractivity contribution is -0.157. The number of phenolic OH excluding ortho intramolecular Hbond substituents is 1. The van der Waals surface area contributed by atoms with E-state index in [1.807, 2.05) is 0 Å². The van der Waals surface area contributed by atoms with E-state index in [-0.39, 0.29) is 11.5 Å². The van der Waals surface area contributed by atoms with Gasteiger partial charge in [-0.3, -0.25) is 0 Å². The molecule has 1 fully saturated rings. The molecule has 8 heteroatoms. The second-order valence-corrected chi connectivity index (χ2v) is 6.42. The normalized spacial score (nSPS) is 23.0. The van der Waals surface area contributed by atoms with Crippen molar-refractivity contribution >= 4 is 11.0 Å². The first-order chi connectivity index (χ1) is 12.9. The van der Waals surface area contributed by atoms with Crippen LogP contribution in [-0.4, -0.2) is 24.4 Å². The number of nitrogens with one attached hydrogen (secondary N) is 2. The lowest BCUT2D eigenvalue weighted by atomic mass is 9.86. The molecule has 4 rings (SSSR count). The zero-order valence-electron chi connectivity index (χ0n) is 14.2. The van der Waals surface area contributed by atoms with Gasteiger partial charge < -0.3 is 14.3 Å². The molecule has 1 aliphatic rings. The van der Waals surface area contributed by atoms with Gasteiger partial charge >= 0.3 is 6.18 Å². The topological polar surface area (TPSA) is 66.7 Å². The number of alkyl halides is 3. The van der Waals surface area contributed by atoms with Crippen LogP contribution in [0.2, 0.25) is 0 Å². The molecular weight excluding hydrogens is 361 g/mol. The van der Waals surface area contributed by atoms with Gasteiger partial charge in [0.05, 0.1) is 19.1 Å². The molecule has 0 radical (unpaired) electrons. The lowest BCUT2D eigenvalue weighted by Crippen LogP contribution is -2.43. The maximum atomic E-state index is 13.6. The van der Waals surface area contributed by atoms with Crippen molar-refractivity contribution < 1.29 is 27.4 Å². The summed E-state index contributed by atoms with van der Waals surface area (Å²) < 4.78 is 51.7. The fourth-order valence-electron chi connectivity index (χ4n) is 3.52. The molecule has 1 aromatic heterocycles. The average molecular weight is 378 g/mol. The van der Waals surface area contributed by atoms with Gasteiger partial charge in [0.15, 0.2) is 0 Å². The minimum Gasteiger partial charge on any atom is -0.507 e. The molecular formula is C19H17F3N2O3. The fraction of sp³-hybridized carbons (Fsp3) is 0.263. The Kier molecular flexibility index (Phi) is 4.24. The molecule has 3 aromatic rings. The van der Waals surface area contributed by atoms with Crippen molar-refractivity contribution in [1.82, 2.24) is 10.9 Å². The first-order valence-electron chi connectivity index (χ1n) is 8.31. The molecule has 27 heavy (non-hydrogen) atoms. The molecule has 2 heterocycles. The summed E-state index contributed by atoms with van der Waals surface area (Å²) in [5.41, 5.74) is 5.82. The van der Waals surface area contributed by atoms with Crippen molar-refractivity contribution in [2.75, 3.05) is 7.11 Å². The first kappa shape index (κ1) is 17.7. The minimum absolute atomic E-state index is 0.155. The monoisotopic (exact) mass is 378 g/mol. The molecule has 2 aromatic carbocycles. The van der Waals surface area contributed by atoms with Crippen LogP contribution in [0.4, 0.5) is 13.2 Å². The summed E-state index contributed by atoms with van der Waals surface area (Å²) in [6.07, 6.45) is -4.51. The predicted octanol–water partition coefficient (Wildman–Crippen LogP) is 4.01. The van der Waals surface area contributed by atoms with Crippen LogP contribution < -0.4 is 15.6 Å².